The Labute approximate surface area is 807 Å². The molecule has 0 saturated carbocycles. The van der Waals surface area contributed by atoms with Crippen LogP contribution in [0.1, 0.15) is 117 Å². The predicted molar refractivity (Wildman–Crippen MR) is 534 cm³/mol. The maximum atomic E-state index is 15.1. The van der Waals surface area contributed by atoms with E-state index in [4.69, 9.17) is 28.9 Å². The molecule has 0 fully saturated rings. The van der Waals surface area contributed by atoms with Crippen molar-refractivity contribution in [1.29, 1.82) is 0 Å². The minimum absolute atomic E-state index is 0.0780. The number of thioether (sulfide) groups is 4. The third-order valence-electron chi connectivity index (χ3n) is 23.1. The first-order valence-electron chi connectivity index (χ1n) is 44.2. The van der Waals surface area contributed by atoms with Gasteiger partial charge in [-0.15, -0.1) is 15.3 Å². The Balaban J connectivity index is 0.697. The minimum Gasteiger partial charge on any atom is -0.494 e. The normalized spacial score (nSPS) is 17.3. The molecule has 2 aliphatic heterocycles. The lowest BCUT2D eigenvalue weighted by Crippen LogP contribution is -2.40. The van der Waals surface area contributed by atoms with Crippen molar-refractivity contribution < 1.29 is 52.6 Å². The number of pyridine rings is 2. The van der Waals surface area contributed by atoms with Crippen molar-refractivity contribution in [2.75, 3.05) is 30.1 Å². The Bertz CT molecular complexity index is 6440. The average molecular weight is 1960 g/mol. The summed E-state index contributed by atoms with van der Waals surface area (Å²) in [6.07, 6.45) is 3.55. The minimum atomic E-state index is -4.14. The number of hydrogen-bond donors (Lipinski definition) is 0. The molecule has 6 heterocycles. The molecule has 16 rings (SSSR count). The molecule has 26 nitrogen and oxygen atoms in total. The molecule has 14 aromatic rings. The molecular weight excluding hydrogens is 1860 g/mol. The SMILES string of the molecule is COc1ccc2ccccc2c1N=Nc1ccc(Oc2cc(Cn3cc(COc4cc5cc(c4)CN(S(=O)(=O)c4ccc(C)cc4)[C@@H](C)CSCc4cccc(n4)CSC[C@H](C)N(S(=O)(=O)c4ccc(C)cc4)C5)nn3)cc(Cn3cc(COc4cc5cc(c4)CN(S(=O)(=O)c4ccc(C)cc4)[C@@H](C)CSCc4cccc(n4)CSC[C@H](C)N(S(=O)(=O)c4ccc(C)cc4)C5)nn3)c2)cc1. The summed E-state index contributed by atoms with van der Waals surface area (Å²) in [7, 11) is -15.0. The van der Waals surface area contributed by atoms with Gasteiger partial charge in [0.05, 0.1) is 80.6 Å². The fourth-order valence-corrected chi connectivity index (χ4v) is 26.9. The lowest BCUT2D eigenvalue weighted by Gasteiger charge is -2.30. The second-order valence-corrected chi connectivity index (χ2v) is 45.8. The Morgan fingerprint density at radius 3 is 1.08 bits per heavy atom. The number of nitrogens with zero attached hydrogens (tertiary/aromatic N) is 14. The highest BCUT2D eigenvalue weighted by molar-refractivity contribution is 7.99. The van der Waals surface area contributed by atoms with E-state index in [1.165, 1.54) is 17.2 Å². The highest BCUT2D eigenvalue weighted by Gasteiger charge is 2.36. The van der Waals surface area contributed by atoms with E-state index >= 15 is 33.7 Å². The maximum Gasteiger partial charge on any atom is 0.243 e. The van der Waals surface area contributed by atoms with Gasteiger partial charge in [0.25, 0.3) is 0 Å². The molecule has 4 aromatic heterocycles. The monoisotopic (exact) mass is 1960 g/mol. The van der Waals surface area contributed by atoms with Crippen molar-refractivity contribution >= 4 is 109 Å². The maximum absolute atomic E-state index is 15.1. The van der Waals surface area contributed by atoms with E-state index < -0.39 is 64.3 Å². The molecule has 0 unspecified atom stereocenters. The largest absolute Gasteiger partial charge is 0.494 e. The molecule has 0 amide bonds. The molecule has 10 aromatic carbocycles. The van der Waals surface area contributed by atoms with Crippen LogP contribution in [-0.2, 0) is 116 Å². The van der Waals surface area contributed by atoms with E-state index in [1.807, 2.05) is 183 Å². The number of azo groups is 1. The van der Waals surface area contributed by atoms with Gasteiger partial charge in [-0.2, -0.15) is 69.4 Å². The molecule has 2 aliphatic rings. The zero-order valence-electron chi connectivity index (χ0n) is 76.4. The number of fused-ring (bicyclic) bond motifs is 9. The predicted octanol–water partition coefficient (Wildman–Crippen LogP) is 20.2. The highest BCUT2D eigenvalue weighted by Crippen LogP contribution is 2.40. The van der Waals surface area contributed by atoms with Crippen LogP contribution in [0.25, 0.3) is 10.8 Å². The summed E-state index contributed by atoms with van der Waals surface area (Å²) in [5.74, 6) is 6.22. The van der Waals surface area contributed by atoms with Gasteiger partial charge in [0.1, 0.15) is 59.0 Å². The van der Waals surface area contributed by atoms with Gasteiger partial charge < -0.3 is 18.9 Å². The molecule has 135 heavy (non-hydrogen) atoms. The van der Waals surface area contributed by atoms with Gasteiger partial charge in [-0.25, -0.2) is 43.0 Å². The van der Waals surface area contributed by atoms with Gasteiger partial charge in [-0.3, -0.25) is 9.97 Å². The number of benzene rings is 10. The number of methoxy groups -OCH3 is 1. The van der Waals surface area contributed by atoms with Crippen LogP contribution in [0.3, 0.4) is 0 Å². The zero-order chi connectivity index (χ0) is 94.5. The topological polar surface area (TPSA) is 298 Å². The van der Waals surface area contributed by atoms with Gasteiger partial charge in [-0.1, -0.05) is 142 Å². The number of aromatic nitrogens is 8. The van der Waals surface area contributed by atoms with Crippen LogP contribution < -0.4 is 18.9 Å². The molecule has 0 radical (unpaired) electrons. The lowest BCUT2D eigenvalue weighted by molar-refractivity contribution is 0.298. The van der Waals surface area contributed by atoms with Gasteiger partial charge >= 0.3 is 0 Å². The summed E-state index contributed by atoms with van der Waals surface area (Å²) in [6, 6.07) is 72.8. The van der Waals surface area contributed by atoms with Crippen LogP contribution in [0.4, 0.5) is 11.4 Å². The highest BCUT2D eigenvalue weighted by atomic mass is 32.2. The Morgan fingerprint density at radius 2 is 0.726 bits per heavy atom. The summed E-state index contributed by atoms with van der Waals surface area (Å²) in [5.41, 5.74) is 13.0. The molecule has 700 valence electrons. The summed E-state index contributed by atoms with van der Waals surface area (Å²) in [6.45, 7) is 15.2. The Morgan fingerprint density at radius 1 is 0.370 bits per heavy atom. The van der Waals surface area contributed by atoms with E-state index in [0.717, 1.165) is 66.9 Å². The Hall–Kier alpha value is -11.1. The van der Waals surface area contributed by atoms with Crippen molar-refractivity contribution in [3.63, 3.8) is 0 Å². The summed E-state index contributed by atoms with van der Waals surface area (Å²) >= 11 is 6.42. The van der Waals surface area contributed by atoms with Crippen molar-refractivity contribution in [2.24, 2.45) is 10.2 Å². The van der Waals surface area contributed by atoms with Crippen LogP contribution in [0.15, 0.2) is 291 Å². The van der Waals surface area contributed by atoms with Crippen LogP contribution in [0.2, 0.25) is 0 Å². The second-order valence-electron chi connectivity index (χ2n) is 34.1. The third kappa shape index (κ3) is 24.7. The van der Waals surface area contributed by atoms with E-state index in [1.54, 1.807) is 197 Å². The fraction of sp³-hybridized carbons (Fsp3) is 0.287. The quantitative estimate of drug-likeness (QED) is 0.0537. The average Bonchev–Trinajstić information content (AvgIpc) is 0.864. The van der Waals surface area contributed by atoms with Gasteiger partial charge in [0.2, 0.25) is 40.1 Å². The number of hydrogen-bond acceptors (Lipinski definition) is 24. The van der Waals surface area contributed by atoms with Crippen molar-refractivity contribution in [1.82, 2.24) is 57.2 Å². The number of ether oxygens (including phenoxy) is 4. The standard InChI is InChI=1S/C101H106N14O12S8/c1-69-20-33-95(34-21-69)132(116,117)112-53-79-43-80(54-113(133(118,119)96-35-22-70(2)23-36-96)74(6)62-129-66-86-16-12-15-85(102-86)65-128-61-73(112)5)46-92(45-79)125-59-89-57-110(108-105-89)51-77-42-78(50-94(49-77)127-91-31-29-84(30-32-91)104-107-101-99-19-11-10-14-83(99)28-41-100(101)124-9)52-111-58-90(106-109-111)60-126-93-47-81-44-82(48-93)56-115(135(122,123)98-39-26-72(4)27-40-98)76(8)64-131-68-88-18-13-17-87(103-88)67-130-63-75(7)114(55-81)134(120,121)97-37-24-71(3)25-38-97/h10-50,57-58,73-76H,51-56,59-68H2,1-9H3/t73-,74-,75-,76-/m0/s1. The molecule has 0 saturated heterocycles. The molecule has 8 bridgehead atoms. The van der Waals surface area contributed by atoms with Crippen molar-refractivity contribution in [2.45, 2.75) is 175 Å². The lowest BCUT2D eigenvalue weighted by atomic mass is 10.1. The van der Waals surface area contributed by atoms with Gasteiger partial charge in [0, 0.05) is 102 Å². The number of sulfonamides is 4. The number of rotatable bonds is 23. The van der Waals surface area contributed by atoms with Crippen molar-refractivity contribution in [3.05, 3.63) is 351 Å². The van der Waals surface area contributed by atoms with Gasteiger partial charge in [0.15, 0.2) is 0 Å². The molecular formula is C101H106N14O12S8. The smallest absolute Gasteiger partial charge is 0.243 e. The fourth-order valence-electron chi connectivity index (χ4n) is 16.0. The van der Waals surface area contributed by atoms with Crippen LogP contribution >= 0.6 is 47.0 Å². The van der Waals surface area contributed by atoms with E-state index in [9.17, 15) is 0 Å². The zero-order valence-corrected chi connectivity index (χ0v) is 82.9. The molecule has 0 spiro atoms. The molecule has 4 atom stereocenters. The van der Waals surface area contributed by atoms with Crippen LogP contribution in [-0.4, -0.2) is 145 Å². The summed E-state index contributed by atoms with van der Waals surface area (Å²) in [4.78, 5) is 10.5. The van der Waals surface area contributed by atoms with Crippen LogP contribution in [0, 0.1) is 27.7 Å². The van der Waals surface area contributed by atoms with Crippen molar-refractivity contribution in [3.8, 4) is 28.7 Å². The molecule has 0 N–H and O–H groups in total. The molecule has 0 aliphatic carbocycles. The summed E-state index contributed by atoms with van der Waals surface area (Å²) < 4.78 is 156. The molecule has 34 heteroatoms. The van der Waals surface area contributed by atoms with E-state index in [-0.39, 0.29) is 72.1 Å². The van der Waals surface area contributed by atoms with Crippen LogP contribution in [0.5, 0.6) is 28.7 Å². The van der Waals surface area contributed by atoms with Gasteiger partial charge in [-0.05, 0) is 234 Å². The Kier molecular flexibility index (Phi) is 31.2. The van der Waals surface area contributed by atoms with E-state index in [2.05, 4.69) is 30.9 Å². The first kappa shape index (κ1) is 97.0. The number of aryl methyl sites for hydroxylation is 4. The van der Waals surface area contributed by atoms with E-state index in [0.29, 0.717) is 120 Å². The second kappa shape index (κ2) is 43.5. The third-order valence-corrected chi connectivity index (χ3v) is 35.9. The first-order valence-corrected chi connectivity index (χ1v) is 54.6. The summed E-state index contributed by atoms with van der Waals surface area (Å²) in [5, 5.41) is 29.6. The first-order chi connectivity index (χ1) is 65.0.